The lowest BCUT2D eigenvalue weighted by molar-refractivity contribution is -0.121. The van der Waals surface area contributed by atoms with E-state index >= 15 is 0 Å². The van der Waals surface area contributed by atoms with Crippen LogP contribution < -0.4 is 19.5 Å². The molecule has 9 heteroatoms. The lowest BCUT2D eigenvalue weighted by Crippen LogP contribution is -2.34. The molecule has 0 bridgehead atoms. The SMILES string of the molecule is COc1cnc2cccc([C@@H](O)[C@H](O)C3CCC(C(=O)Nc4ccc5c(c4)OCCO5)CC3)c2n1. The number of benzene rings is 2. The molecule has 1 fully saturated rings. The smallest absolute Gasteiger partial charge is 0.232 e. The average molecular weight is 480 g/mol. The molecule has 5 rings (SSSR count). The van der Waals surface area contributed by atoms with E-state index in [1.165, 1.54) is 13.3 Å². The van der Waals surface area contributed by atoms with Crippen LogP contribution in [0.25, 0.3) is 11.0 Å². The number of anilines is 1. The summed E-state index contributed by atoms with van der Waals surface area (Å²) in [6.07, 6.45) is 1.96. The predicted octanol–water partition coefficient (Wildman–Crippen LogP) is 3.25. The van der Waals surface area contributed by atoms with Gasteiger partial charge in [0.15, 0.2) is 11.5 Å². The van der Waals surface area contributed by atoms with Crippen LogP contribution >= 0.6 is 0 Å². The molecule has 3 aromatic rings. The van der Waals surface area contributed by atoms with Gasteiger partial charge in [-0.25, -0.2) is 9.97 Å². The summed E-state index contributed by atoms with van der Waals surface area (Å²) in [5.41, 5.74) is 2.31. The number of hydrogen-bond donors (Lipinski definition) is 3. The summed E-state index contributed by atoms with van der Waals surface area (Å²) in [5, 5.41) is 25.0. The second-order valence-electron chi connectivity index (χ2n) is 9.02. The van der Waals surface area contributed by atoms with Gasteiger partial charge in [-0.05, 0) is 49.8 Å². The van der Waals surface area contributed by atoms with Crippen molar-refractivity contribution < 1.29 is 29.2 Å². The van der Waals surface area contributed by atoms with Gasteiger partial charge in [0.1, 0.15) is 19.3 Å². The summed E-state index contributed by atoms with van der Waals surface area (Å²) < 4.78 is 16.3. The predicted molar refractivity (Wildman–Crippen MR) is 129 cm³/mol. The molecule has 184 valence electrons. The molecule has 0 radical (unpaired) electrons. The Balaban J connectivity index is 1.21. The standard InChI is InChI=1S/C26H29N3O6/c1-33-22-14-27-19-4-2-3-18(23(19)29-22)25(31)24(30)15-5-7-16(8-6-15)26(32)28-17-9-10-20-21(13-17)35-12-11-34-20/h2-4,9-10,13-16,24-25,30-31H,5-8,11-12H2,1H3,(H,28,32)/t15?,16?,24-,25-/m1/s1. The minimum atomic E-state index is -1.12. The minimum absolute atomic E-state index is 0.0495. The fourth-order valence-corrected chi connectivity index (χ4v) is 4.91. The molecule has 3 N–H and O–H groups in total. The largest absolute Gasteiger partial charge is 0.486 e. The van der Waals surface area contributed by atoms with E-state index in [2.05, 4.69) is 15.3 Å². The maximum absolute atomic E-state index is 12.9. The summed E-state index contributed by atoms with van der Waals surface area (Å²) in [4.78, 5) is 21.6. The van der Waals surface area contributed by atoms with Crippen molar-refractivity contribution in [1.29, 1.82) is 0 Å². The van der Waals surface area contributed by atoms with Crippen LogP contribution in [0.2, 0.25) is 0 Å². The molecule has 1 aromatic heterocycles. The van der Waals surface area contributed by atoms with Crippen LogP contribution in [-0.2, 0) is 4.79 Å². The summed E-state index contributed by atoms with van der Waals surface area (Å²) in [7, 11) is 1.51. The molecule has 2 heterocycles. The Kier molecular flexibility index (Phi) is 6.70. The Hall–Kier alpha value is -3.43. The highest BCUT2D eigenvalue weighted by Gasteiger charge is 2.34. The molecule has 1 aliphatic carbocycles. The van der Waals surface area contributed by atoms with Gasteiger partial charge in [-0.15, -0.1) is 0 Å². The highest BCUT2D eigenvalue weighted by molar-refractivity contribution is 5.93. The van der Waals surface area contributed by atoms with E-state index in [9.17, 15) is 15.0 Å². The first-order valence-corrected chi connectivity index (χ1v) is 11.9. The number of carbonyl (C=O) groups is 1. The monoisotopic (exact) mass is 479 g/mol. The number of fused-ring (bicyclic) bond motifs is 2. The number of nitrogens with one attached hydrogen (secondary N) is 1. The topological polar surface area (TPSA) is 123 Å². The molecule has 9 nitrogen and oxygen atoms in total. The van der Waals surface area contributed by atoms with Crippen molar-refractivity contribution >= 4 is 22.6 Å². The molecule has 1 amide bonds. The van der Waals surface area contributed by atoms with Crippen molar-refractivity contribution in [1.82, 2.24) is 9.97 Å². The first-order chi connectivity index (χ1) is 17.0. The third-order valence-electron chi connectivity index (χ3n) is 6.87. The minimum Gasteiger partial charge on any atom is -0.486 e. The fraction of sp³-hybridized carbons (Fsp3) is 0.423. The Morgan fingerprint density at radius 3 is 2.63 bits per heavy atom. The fourth-order valence-electron chi connectivity index (χ4n) is 4.91. The number of amides is 1. The number of carbonyl (C=O) groups excluding carboxylic acids is 1. The molecule has 0 unspecified atom stereocenters. The number of aromatic nitrogens is 2. The Bertz CT molecular complexity index is 1210. The van der Waals surface area contributed by atoms with Gasteiger partial charge in [-0.3, -0.25) is 4.79 Å². The van der Waals surface area contributed by atoms with Gasteiger partial charge >= 0.3 is 0 Å². The highest BCUT2D eigenvalue weighted by atomic mass is 16.6. The van der Waals surface area contributed by atoms with Crippen LogP contribution in [-0.4, -0.2) is 52.5 Å². The Labute approximate surface area is 203 Å². The normalized spacial score (nSPS) is 21.2. The number of ether oxygens (including phenoxy) is 3. The van der Waals surface area contributed by atoms with E-state index in [1.54, 1.807) is 36.4 Å². The van der Waals surface area contributed by atoms with Crippen molar-refractivity contribution in [3.8, 4) is 17.4 Å². The van der Waals surface area contributed by atoms with E-state index < -0.39 is 12.2 Å². The molecule has 2 aromatic carbocycles. The quantitative estimate of drug-likeness (QED) is 0.492. The lowest BCUT2D eigenvalue weighted by atomic mass is 9.77. The Morgan fingerprint density at radius 2 is 1.86 bits per heavy atom. The summed E-state index contributed by atoms with van der Waals surface area (Å²) in [6, 6.07) is 10.7. The third kappa shape index (κ3) is 4.87. The average Bonchev–Trinajstić information content (AvgIpc) is 2.91. The van der Waals surface area contributed by atoms with E-state index in [0.29, 0.717) is 78.6 Å². The Morgan fingerprint density at radius 1 is 1.09 bits per heavy atom. The number of nitrogens with zero attached hydrogens (tertiary/aromatic N) is 2. The maximum atomic E-state index is 12.9. The van der Waals surface area contributed by atoms with Crippen LogP contribution in [0, 0.1) is 11.8 Å². The molecule has 1 aliphatic heterocycles. The summed E-state index contributed by atoms with van der Waals surface area (Å²) in [5.74, 6) is 1.32. The van der Waals surface area contributed by atoms with Crippen molar-refractivity contribution in [3.05, 3.63) is 48.2 Å². The first-order valence-electron chi connectivity index (χ1n) is 11.9. The molecule has 0 spiro atoms. The molecule has 2 aliphatic rings. The van der Waals surface area contributed by atoms with E-state index in [-0.39, 0.29) is 17.7 Å². The van der Waals surface area contributed by atoms with Gasteiger partial charge in [0.25, 0.3) is 0 Å². The van der Waals surface area contributed by atoms with Crippen LogP contribution in [0.1, 0.15) is 37.4 Å². The van der Waals surface area contributed by atoms with Crippen LogP contribution in [0.4, 0.5) is 5.69 Å². The van der Waals surface area contributed by atoms with E-state index in [0.717, 1.165) is 0 Å². The van der Waals surface area contributed by atoms with E-state index in [1.807, 2.05) is 0 Å². The van der Waals surface area contributed by atoms with Crippen LogP contribution in [0.3, 0.4) is 0 Å². The number of aliphatic hydroxyl groups is 2. The third-order valence-corrected chi connectivity index (χ3v) is 6.87. The second-order valence-corrected chi connectivity index (χ2v) is 9.02. The van der Waals surface area contributed by atoms with Gasteiger partial charge in [-0.1, -0.05) is 12.1 Å². The zero-order valence-corrected chi connectivity index (χ0v) is 19.5. The maximum Gasteiger partial charge on any atom is 0.232 e. The van der Waals surface area contributed by atoms with Gasteiger partial charge in [0.05, 0.1) is 30.4 Å². The molecule has 35 heavy (non-hydrogen) atoms. The van der Waals surface area contributed by atoms with Gasteiger partial charge < -0.3 is 29.7 Å². The van der Waals surface area contributed by atoms with Crippen molar-refractivity contribution in [3.63, 3.8) is 0 Å². The second kappa shape index (κ2) is 10.1. The number of methoxy groups -OCH3 is 1. The molecular formula is C26H29N3O6. The summed E-state index contributed by atoms with van der Waals surface area (Å²) >= 11 is 0. The van der Waals surface area contributed by atoms with Gasteiger partial charge in [-0.2, -0.15) is 0 Å². The zero-order chi connectivity index (χ0) is 24.4. The van der Waals surface area contributed by atoms with E-state index in [4.69, 9.17) is 14.2 Å². The van der Waals surface area contributed by atoms with Crippen LogP contribution in [0.5, 0.6) is 17.4 Å². The van der Waals surface area contributed by atoms with Crippen LogP contribution in [0.15, 0.2) is 42.6 Å². The highest BCUT2D eigenvalue weighted by Crippen LogP contribution is 2.37. The van der Waals surface area contributed by atoms with Crippen molar-refractivity contribution in [2.45, 2.75) is 37.9 Å². The van der Waals surface area contributed by atoms with Gasteiger partial charge in [0.2, 0.25) is 11.8 Å². The number of aliphatic hydroxyl groups excluding tert-OH is 2. The molecule has 1 saturated carbocycles. The molecular weight excluding hydrogens is 450 g/mol. The number of hydrogen-bond acceptors (Lipinski definition) is 8. The molecule has 0 saturated heterocycles. The zero-order valence-electron chi connectivity index (χ0n) is 19.5. The van der Waals surface area contributed by atoms with Crippen molar-refractivity contribution in [2.24, 2.45) is 11.8 Å². The molecule has 2 atom stereocenters. The van der Waals surface area contributed by atoms with Crippen molar-refractivity contribution in [2.75, 3.05) is 25.6 Å². The first kappa shape index (κ1) is 23.3. The lowest BCUT2D eigenvalue weighted by Gasteiger charge is -2.33. The summed E-state index contributed by atoms with van der Waals surface area (Å²) in [6.45, 7) is 1.01. The number of rotatable bonds is 6. The van der Waals surface area contributed by atoms with Gasteiger partial charge in [0, 0.05) is 23.2 Å². The number of para-hydroxylation sites is 1.